The van der Waals surface area contributed by atoms with Crippen LogP contribution >= 0.6 is 11.6 Å². The molecule has 19 heavy (non-hydrogen) atoms. The van der Waals surface area contributed by atoms with Crippen LogP contribution < -0.4 is 5.32 Å². The molecule has 0 heterocycles. The zero-order valence-corrected chi connectivity index (χ0v) is 10.8. The van der Waals surface area contributed by atoms with Crippen LogP contribution in [0.1, 0.15) is 18.4 Å². The van der Waals surface area contributed by atoms with Crippen molar-refractivity contribution in [1.82, 2.24) is 5.32 Å². The minimum Gasteiger partial charge on any atom is -0.480 e. The number of nitro groups is 1. The number of nitro benzene ring substituents is 1. The molecule has 1 aromatic carbocycles. The van der Waals surface area contributed by atoms with Gasteiger partial charge in [0.2, 0.25) is 0 Å². The standard InChI is InChI=1S/C12H13ClN2O4/c13-9-3-4-10(15(18)19)8(5-9)6-14-11(12(16)17)7-1-2-7/h3-5,7,11,14H,1-2,6H2,(H,16,17). The van der Waals surface area contributed by atoms with Crippen molar-refractivity contribution in [1.29, 1.82) is 0 Å². The van der Waals surface area contributed by atoms with Crippen LogP contribution in [0.25, 0.3) is 0 Å². The number of carboxylic acids is 1. The van der Waals surface area contributed by atoms with E-state index >= 15 is 0 Å². The minimum absolute atomic E-state index is 0.0585. The fraction of sp³-hybridized carbons (Fsp3) is 0.417. The van der Waals surface area contributed by atoms with Crippen LogP contribution in [0.15, 0.2) is 18.2 Å². The van der Waals surface area contributed by atoms with Crippen molar-refractivity contribution in [3.8, 4) is 0 Å². The van der Waals surface area contributed by atoms with Gasteiger partial charge in [0, 0.05) is 23.2 Å². The summed E-state index contributed by atoms with van der Waals surface area (Å²) in [7, 11) is 0. The molecule has 1 fully saturated rings. The number of hydrogen-bond acceptors (Lipinski definition) is 4. The molecule has 1 atom stereocenters. The first-order valence-corrected chi connectivity index (χ1v) is 6.26. The molecule has 0 saturated heterocycles. The highest BCUT2D eigenvalue weighted by Crippen LogP contribution is 2.33. The zero-order valence-electron chi connectivity index (χ0n) is 10.0. The Kier molecular flexibility index (Phi) is 4.01. The van der Waals surface area contributed by atoms with Crippen LogP contribution in [0.4, 0.5) is 5.69 Å². The fourth-order valence-electron chi connectivity index (χ4n) is 1.98. The number of hydrogen-bond donors (Lipinski definition) is 2. The summed E-state index contributed by atoms with van der Waals surface area (Å²) in [5, 5.41) is 23.2. The van der Waals surface area contributed by atoms with E-state index in [2.05, 4.69) is 5.32 Å². The van der Waals surface area contributed by atoms with E-state index in [1.54, 1.807) is 0 Å². The smallest absolute Gasteiger partial charge is 0.320 e. The summed E-state index contributed by atoms with van der Waals surface area (Å²) in [6.07, 6.45) is 1.75. The Morgan fingerprint density at radius 2 is 2.26 bits per heavy atom. The molecule has 2 rings (SSSR count). The second-order valence-electron chi connectivity index (χ2n) is 4.56. The van der Waals surface area contributed by atoms with E-state index in [1.807, 2.05) is 0 Å². The van der Waals surface area contributed by atoms with Crippen LogP contribution in [0.2, 0.25) is 5.02 Å². The lowest BCUT2D eigenvalue weighted by molar-refractivity contribution is -0.385. The molecule has 7 heteroatoms. The van der Waals surface area contributed by atoms with E-state index < -0.39 is 16.9 Å². The molecule has 0 aliphatic heterocycles. The molecule has 1 aliphatic carbocycles. The third kappa shape index (κ3) is 3.42. The molecule has 0 bridgehead atoms. The number of aliphatic carboxylic acids is 1. The molecular formula is C12H13ClN2O4. The zero-order chi connectivity index (χ0) is 14.0. The Hall–Kier alpha value is -1.66. The number of carboxylic acid groups (broad SMARTS) is 1. The van der Waals surface area contributed by atoms with E-state index in [0.717, 1.165) is 12.8 Å². The Balaban J connectivity index is 2.11. The molecule has 6 nitrogen and oxygen atoms in total. The summed E-state index contributed by atoms with van der Waals surface area (Å²) in [4.78, 5) is 21.4. The van der Waals surface area contributed by atoms with Gasteiger partial charge in [0.25, 0.3) is 5.69 Å². The van der Waals surface area contributed by atoms with Crippen LogP contribution in [0.5, 0.6) is 0 Å². The van der Waals surface area contributed by atoms with Gasteiger partial charge in [-0.25, -0.2) is 0 Å². The number of nitrogens with one attached hydrogen (secondary N) is 1. The lowest BCUT2D eigenvalue weighted by atomic mass is 10.1. The fourth-order valence-corrected chi connectivity index (χ4v) is 2.17. The first kappa shape index (κ1) is 13.8. The average Bonchev–Trinajstić information content (AvgIpc) is 3.13. The number of rotatable bonds is 6. The van der Waals surface area contributed by atoms with E-state index in [0.29, 0.717) is 10.6 Å². The van der Waals surface area contributed by atoms with Crippen molar-refractivity contribution >= 4 is 23.3 Å². The SMILES string of the molecule is O=C(O)C(NCc1cc(Cl)ccc1[N+](=O)[O-])C1CC1. The normalized spacial score (nSPS) is 16.1. The monoisotopic (exact) mass is 284 g/mol. The van der Waals surface area contributed by atoms with E-state index in [1.165, 1.54) is 18.2 Å². The number of benzene rings is 1. The third-order valence-electron chi connectivity index (χ3n) is 3.11. The van der Waals surface area contributed by atoms with Gasteiger partial charge < -0.3 is 5.11 Å². The van der Waals surface area contributed by atoms with Gasteiger partial charge >= 0.3 is 5.97 Å². The van der Waals surface area contributed by atoms with Crippen molar-refractivity contribution < 1.29 is 14.8 Å². The lowest BCUT2D eigenvalue weighted by Gasteiger charge is -2.13. The van der Waals surface area contributed by atoms with Crippen molar-refractivity contribution in [2.24, 2.45) is 5.92 Å². The Bertz CT molecular complexity index is 516. The van der Waals surface area contributed by atoms with Crippen molar-refractivity contribution in [2.75, 3.05) is 0 Å². The summed E-state index contributed by atoms with van der Waals surface area (Å²) in [5.41, 5.74) is 0.334. The van der Waals surface area contributed by atoms with Gasteiger partial charge in [0.15, 0.2) is 0 Å². The predicted octanol–water partition coefficient (Wildman–Crippen LogP) is 2.20. The van der Waals surface area contributed by atoms with E-state index in [-0.39, 0.29) is 18.2 Å². The summed E-state index contributed by atoms with van der Waals surface area (Å²) in [5.74, 6) is -0.803. The first-order valence-electron chi connectivity index (χ1n) is 5.88. The Labute approximate surface area is 114 Å². The maximum atomic E-state index is 11.1. The Morgan fingerprint density at radius 1 is 1.58 bits per heavy atom. The van der Waals surface area contributed by atoms with Gasteiger partial charge in [-0.1, -0.05) is 11.6 Å². The quantitative estimate of drug-likeness (QED) is 0.617. The highest BCUT2D eigenvalue weighted by molar-refractivity contribution is 6.30. The second kappa shape index (κ2) is 5.54. The summed E-state index contributed by atoms with van der Waals surface area (Å²) in [6, 6.07) is 3.60. The van der Waals surface area contributed by atoms with Crippen molar-refractivity contribution in [3.05, 3.63) is 38.9 Å². The molecule has 102 valence electrons. The van der Waals surface area contributed by atoms with Crippen molar-refractivity contribution in [3.63, 3.8) is 0 Å². The van der Waals surface area contributed by atoms with Crippen LogP contribution in [-0.4, -0.2) is 22.0 Å². The van der Waals surface area contributed by atoms with Gasteiger partial charge in [-0.05, 0) is 30.9 Å². The number of carbonyl (C=O) groups is 1. The van der Waals surface area contributed by atoms with Gasteiger partial charge in [0.1, 0.15) is 6.04 Å². The highest BCUT2D eigenvalue weighted by Gasteiger charge is 2.36. The maximum Gasteiger partial charge on any atom is 0.320 e. The average molecular weight is 285 g/mol. The highest BCUT2D eigenvalue weighted by atomic mass is 35.5. The molecule has 1 aromatic rings. The molecule has 0 radical (unpaired) electrons. The van der Waals surface area contributed by atoms with Crippen LogP contribution in [0.3, 0.4) is 0 Å². The largest absolute Gasteiger partial charge is 0.480 e. The lowest BCUT2D eigenvalue weighted by Crippen LogP contribution is -2.38. The van der Waals surface area contributed by atoms with E-state index in [9.17, 15) is 14.9 Å². The second-order valence-corrected chi connectivity index (χ2v) is 5.00. The summed E-state index contributed by atoms with van der Waals surface area (Å²) >= 11 is 5.81. The minimum atomic E-state index is -0.924. The number of halogens is 1. The molecule has 1 saturated carbocycles. The van der Waals surface area contributed by atoms with Gasteiger partial charge in [0.05, 0.1) is 4.92 Å². The molecule has 0 aromatic heterocycles. The Morgan fingerprint density at radius 3 is 2.79 bits per heavy atom. The molecule has 1 unspecified atom stereocenters. The predicted molar refractivity (Wildman–Crippen MR) is 69.1 cm³/mol. The third-order valence-corrected chi connectivity index (χ3v) is 3.35. The molecule has 2 N–H and O–H groups in total. The van der Waals surface area contributed by atoms with Crippen molar-refractivity contribution in [2.45, 2.75) is 25.4 Å². The van der Waals surface area contributed by atoms with Gasteiger partial charge in [-0.2, -0.15) is 0 Å². The molecular weight excluding hydrogens is 272 g/mol. The maximum absolute atomic E-state index is 11.1. The number of nitrogens with zero attached hydrogens (tertiary/aromatic N) is 1. The van der Waals surface area contributed by atoms with Crippen LogP contribution in [0, 0.1) is 16.0 Å². The van der Waals surface area contributed by atoms with E-state index in [4.69, 9.17) is 16.7 Å². The summed E-state index contributed by atoms with van der Waals surface area (Å²) < 4.78 is 0. The molecule has 1 aliphatic rings. The van der Waals surface area contributed by atoms with Crippen LogP contribution in [-0.2, 0) is 11.3 Å². The molecule has 0 spiro atoms. The van der Waals surface area contributed by atoms with Gasteiger partial charge in [-0.3, -0.25) is 20.2 Å². The topological polar surface area (TPSA) is 92.5 Å². The molecule has 0 amide bonds. The summed E-state index contributed by atoms with van der Waals surface area (Å²) in [6.45, 7) is 0.115. The van der Waals surface area contributed by atoms with Gasteiger partial charge in [-0.15, -0.1) is 0 Å². The first-order chi connectivity index (χ1) is 8.99.